The number of likely N-dealkylation sites (tertiary alicyclic amines) is 1. The minimum absolute atomic E-state index is 0.0377. The Labute approximate surface area is 147 Å². The molecule has 136 valence electrons. The van der Waals surface area contributed by atoms with E-state index in [9.17, 15) is 4.79 Å². The van der Waals surface area contributed by atoms with Crippen molar-refractivity contribution in [2.24, 2.45) is 5.92 Å². The maximum atomic E-state index is 12.1. The van der Waals surface area contributed by atoms with Crippen LogP contribution in [-0.2, 0) is 10.2 Å². The fraction of sp³-hybridized carbons (Fsp3) is 0.667. The summed E-state index contributed by atoms with van der Waals surface area (Å²) in [5.41, 5.74) is 0.424. The summed E-state index contributed by atoms with van der Waals surface area (Å²) >= 11 is 0. The van der Waals surface area contributed by atoms with Crippen molar-refractivity contribution in [1.82, 2.24) is 20.0 Å². The SMILES string of the molecule is CC(C)C(=O)N1CCC(c2nc(-c3coc(C(C)(C)C)n3)no2)CC1. The topological polar surface area (TPSA) is 85.3 Å². The number of oxazole rings is 1. The number of nitrogens with zero attached hydrogens (tertiary/aromatic N) is 4. The molecule has 0 N–H and O–H groups in total. The van der Waals surface area contributed by atoms with Gasteiger partial charge >= 0.3 is 0 Å². The molecule has 25 heavy (non-hydrogen) atoms. The van der Waals surface area contributed by atoms with E-state index in [1.165, 1.54) is 0 Å². The Bertz CT molecular complexity index is 734. The van der Waals surface area contributed by atoms with Crippen LogP contribution in [0.2, 0.25) is 0 Å². The second-order valence-electron chi connectivity index (χ2n) is 8.00. The third-order valence-corrected chi connectivity index (χ3v) is 4.47. The number of amides is 1. The predicted octanol–water partition coefficient (Wildman–Crippen LogP) is 3.38. The van der Waals surface area contributed by atoms with Gasteiger partial charge in [0, 0.05) is 30.3 Å². The molecule has 0 saturated carbocycles. The van der Waals surface area contributed by atoms with E-state index in [1.54, 1.807) is 6.26 Å². The summed E-state index contributed by atoms with van der Waals surface area (Å²) in [4.78, 5) is 23.0. The Kier molecular flexibility index (Phi) is 4.67. The highest BCUT2D eigenvalue weighted by Gasteiger charge is 2.29. The van der Waals surface area contributed by atoms with Crippen LogP contribution in [0.15, 0.2) is 15.2 Å². The van der Waals surface area contributed by atoms with Crippen LogP contribution in [0.4, 0.5) is 0 Å². The summed E-state index contributed by atoms with van der Waals surface area (Å²) in [6.07, 6.45) is 3.25. The zero-order valence-corrected chi connectivity index (χ0v) is 15.6. The van der Waals surface area contributed by atoms with Gasteiger partial charge in [-0.15, -0.1) is 0 Å². The molecule has 7 nitrogen and oxygen atoms in total. The lowest BCUT2D eigenvalue weighted by molar-refractivity contribution is -0.135. The maximum absolute atomic E-state index is 12.1. The zero-order valence-electron chi connectivity index (χ0n) is 15.6. The van der Waals surface area contributed by atoms with Crippen LogP contribution in [0.25, 0.3) is 11.5 Å². The smallest absolute Gasteiger partial charge is 0.230 e. The van der Waals surface area contributed by atoms with E-state index < -0.39 is 0 Å². The largest absolute Gasteiger partial charge is 0.448 e. The summed E-state index contributed by atoms with van der Waals surface area (Å²) in [6.45, 7) is 11.4. The number of carbonyl (C=O) groups is 1. The van der Waals surface area contributed by atoms with Crippen molar-refractivity contribution in [3.63, 3.8) is 0 Å². The summed E-state index contributed by atoms with van der Waals surface area (Å²) < 4.78 is 11.0. The molecular formula is C18H26N4O3. The Morgan fingerprint density at radius 1 is 1.24 bits per heavy atom. The van der Waals surface area contributed by atoms with Crippen molar-refractivity contribution in [2.75, 3.05) is 13.1 Å². The average Bonchev–Trinajstić information content (AvgIpc) is 3.22. The van der Waals surface area contributed by atoms with Crippen LogP contribution in [0, 0.1) is 5.92 Å². The number of carbonyl (C=O) groups excluding carboxylic acids is 1. The molecule has 3 rings (SSSR count). The lowest BCUT2D eigenvalue weighted by Crippen LogP contribution is -2.40. The fourth-order valence-corrected chi connectivity index (χ4v) is 2.94. The van der Waals surface area contributed by atoms with E-state index in [0.717, 1.165) is 25.9 Å². The quantitative estimate of drug-likeness (QED) is 0.847. The van der Waals surface area contributed by atoms with E-state index in [-0.39, 0.29) is 23.2 Å². The average molecular weight is 346 g/mol. The van der Waals surface area contributed by atoms with Gasteiger partial charge in [0.2, 0.25) is 17.6 Å². The van der Waals surface area contributed by atoms with Gasteiger partial charge in [-0.1, -0.05) is 39.8 Å². The minimum atomic E-state index is -0.166. The van der Waals surface area contributed by atoms with Crippen LogP contribution < -0.4 is 0 Å². The van der Waals surface area contributed by atoms with Gasteiger partial charge in [0.15, 0.2) is 5.89 Å². The van der Waals surface area contributed by atoms with Crippen LogP contribution in [0.3, 0.4) is 0 Å². The maximum Gasteiger partial charge on any atom is 0.230 e. The van der Waals surface area contributed by atoms with Crippen molar-refractivity contribution < 1.29 is 13.7 Å². The molecule has 3 heterocycles. The van der Waals surface area contributed by atoms with Crippen molar-refractivity contribution in [3.05, 3.63) is 18.0 Å². The van der Waals surface area contributed by atoms with Crippen molar-refractivity contribution in [3.8, 4) is 11.5 Å². The van der Waals surface area contributed by atoms with E-state index in [1.807, 2.05) is 39.5 Å². The summed E-state index contributed by atoms with van der Waals surface area (Å²) in [7, 11) is 0. The summed E-state index contributed by atoms with van der Waals surface area (Å²) in [5.74, 6) is 2.15. The van der Waals surface area contributed by atoms with Gasteiger partial charge in [0.05, 0.1) is 0 Å². The molecule has 0 atom stereocenters. The Morgan fingerprint density at radius 3 is 2.48 bits per heavy atom. The number of aromatic nitrogens is 3. The third-order valence-electron chi connectivity index (χ3n) is 4.47. The molecule has 1 aliphatic rings. The molecule has 2 aromatic heterocycles. The third kappa shape index (κ3) is 3.75. The Hall–Kier alpha value is -2.18. The fourth-order valence-electron chi connectivity index (χ4n) is 2.94. The molecule has 0 aliphatic carbocycles. The molecule has 7 heteroatoms. The number of piperidine rings is 1. The highest BCUT2D eigenvalue weighted by atomic mass is 16.5. The van der Waals surface area contributed by atoms with E-state index in [2.05, 4.69) is 15.1 Å². The molecule has 1 saturated heterocycles. The molecule has 1 amide bonds. The van der Waals surface area contributed by atoms with Crippen molar-refractivity contribution >= 4 is 5.91 Å². The first-order chi connectivity index (χ1) is 11.8. The monoisotopic (exact) mass is 346 g/mol. The van der Waals surface area contributed by atoms with Gasteiger partial charge in [-0.2, -0.15) is 4.98 Å². The molecule has 0 aromatic carbocycles. The zero-order chi connectivity index (χ0) is 18.2. The van der Waals surface area contributed by atoms with Crippen LogP contribution in [0.1, 0.15) is 65.2 Å². The number of hydrogen-bond acceptors (Lipinski definition) is 6. The first-order valence-electron chi connectivity index (χ1n) is 8.84. The van der Waals surface area contributed by atoms with Gasteiger partial charge in [0.25, 0.3) is 0 Å². The Morgan fingerprint density at radius 2 is 1.92 bits per heavy atom. The van der Waals surface area contributed by atoms with Gasteiger partial charge < -0.3 is 13.8 Å². The number of rotatable bonds is 3. The second-order valence-corrected chi connectivity index (χ2v) is 8.00. The van der Waals surface area contributed by atoms with E-state index >= 15 is 0 Å². The van der Waals surface area contributed by atoms with Crippen LogP contribution in [-0.4, -0.2) is 39.0 Å². The van der Waals surface area contributed by atoms with Gasteiger partial charge in [-0.05, 0) is 12.8 Å². The summed E-state index contributed by atoms with van der Waals surface area (Å²) in [6, 6.07) is 0. The molecule has 0 radical (unpaired) electrons. The standard InChI is InChI=1S/C18H26N4O3/c1-11(2)16(23)22-8-6-12(7-9-22)15-20-14(21-25-15)13-10-24-17(19-13)18(3,4)5/h10-12H,6-9H2,1-5H3. The molecule has 0 bridgehead atoms. The molecule has 1 fully saturated rings. The van der Waals surface area contributed by atoms with Crippen molar-refractivity contribution in [2.45, 2.75) is 58.8 Å². The second kappa shape index (κ2) is 6.61. The van der Waals surface area contributed by atoms with Gasteiger partial charge in [-0.3, -0.25) is 4.79 Å². The van der Waals surface area contributed by atoms with Gasteiger partial charge in [-0.25, -0.2) is 4.98 Å². The highest BCUT2D eigenvalue weighted by molar-refractivity contribution is 5.78. The predicted molar refractivity (Wildman–Crippen MR) is 91.9 cm³/mol. The lowest BCUT2D eigenvalue weighted by Gasteiger charge is -2.31. The number of hydrogen-bond donors (Lipinski definition) is 0. The first-order valence-corrected chi connectivity index (χ1v) is 8.84. The molecule has 0 unspecified atom stereocenters. The molecule has 0 spiro atoms. The first kappa shape index (κ1) is 17.6. The molecule has 2 aromatic rings. The van der Waals surface area contributed by atoms with Crippen LogP contribution in [0.5, 0.6) is 0 Å². The molecular weight excluding hydrogens is 320 g/mol. The normalized spacial score (nSPS) is 16.6. The highest BCUT2D eigenvalue weighted by Crippen LogP contribution is 2.30. The van der Waals surface area contributed by atoms with E-state index in [0.29, 0.717) is 23.3 Å². The Balaban J connectivity index is 1.67. The van der Waals surface area contributed by atoms with Crippen molar-refractivity contribution in [1.29, 1.82) is 0 Å². The van der Waals surface area contributed by atoms with Gasteiger partial charge in [0.1, 0.15) is 12.0 Å². The molecule has 1 aliphatic heterocycles. The lowest BCUT2D eigenvalue weighted by atomic mass is 9.96. The van der Waals surface area contributed by atoms with E-state index in [4.69, 9.17) is 8.94 Å². The van der Waals surface area contributed by atoms with Crippen LogP contribution >= 0.6 is 0 Å². The summed E-state index contributed by atoms with van der Waals surface area (Å²) in [5, 5.41) is 4.05. The minimum Gasteiger partial charge on any atom is -0.448 e.